The van der Waals surface area contributed by atoms with E-state index in [4.69, 9.17) is 5.73 Å². The van der Waals surface area contributed by atoms with Gasteiger partial charge in [-0.15, -0.1) is 0 Å². The molecule has 0 aromatic rings. The Hall–Kier alpha value is -0.610. The fourth-order valence-corrected chi connectivity index (χ4v) is 1.32. The SMILES string of the molecule is CC(C)(C)CC(O)CNC(=O)C(C)(C)CN. The molecule has 4 nitrogen and oxygen atoms in total. The topological polar surface area (TPSA) is 75.3 Å². The number of rotatable bonds is 5. The number of aliphatic hydroxyl groups is 1. The molecule has 0 aliphatic carbocycles. The highest BCUT2D eigenvalue weighted by atomic mass is 16.3. The van der Waals surface area contributed by atoms with Crippen LogP contribution in [0, 0.1) is 10.8 Å². The van der Waals surface area contributed by atoms with Crippen LogP contribution in [0.2, 0.25) is 0 Å². The van der Waals surface area contributed by atoms with Gasteiger partial charge in [-0.1, -0.05) is 20.8 Å². The minimum Gasteiger partial charge on any atom is -0.391 e. The van der Waals surface area contributed by atoms with Crippen LogP contribution < -0.4 is 11.1 Å². The molecule has 0 radical (unpaired) electrons. The van der Waals surface area contributed by atoms with Gasteiger partial charge in [-0.3, -0.25) is 4.79 Å². The lowest BCUT2D eigenvalue weighted by Crippen LogP contribution is -2.44. The van der Waals surface area contributed by atoms with Crippen molar-refractivity contribution in [2.45, 2.75) is 47.1 Å². The van der Waals surface area contributed by atoms with E-state index in [0.29, 0.717) is 19.5 Å². The molecule has 0 aliphatic heterocycles. The van der Waals surface area contributed by atoms with E-state index >= 15 is 0 Å². The number of aliphatic hydroxyl groups excluding tert-OH is 1. The van der Waals surface area contributed by atoms with Gasteiger partial charge in [0.1, 0.15) is 0 Å². The molecular formula is C12H26N2O2. The van der Waals surface area contributed by atoms with Gasteiger partial charge >= 0.3 is 0 Å². The highest BCUT2D eigenvalue weighted by Gasteiger charge is 2.26. The number of nitrogens with two attached hydrogens (primary N) is 1. The average molecular weight is 230 g/mol. The van der Waals surface area contributed by atoms with Gasteiger partial charge in [0.15, 0.2) is 0 Å². The zero-order chi connectivity index (χ0) is 13.0. The molecule has 0 heterocycles. The van der Waals surface area contributed by atoms with Crippen LogP contribution in [0.15, 0.2) is 0 Å². The third-order valence-electron chi connectivity index (χ3n) is 2.47. The predicted molar refractivity (Wildman–Crippen MR) is 65.9 cm³/mol. The van der Waals surface area contributed by atoms with Gasteiger partial charge < -0.3 is 16.2 Å². The highest BCUT2D eigenvalue weighted by molar-refractivity contribution is 5.82. The molecule has 16 heavy (non-hydrogen) atoms. The van der Waals surface area contributed by atoms with E-state index in [1.165, 1.54) is 0 Å². The summed E-state index contributed by atoms with van der Waals surface area (Å²) in [7, 11) is 0. The van der Waals surface area contributed by atoms with E-state index in [9.17, 15) is 9.90 Å². The van der Waals surface area contributed by atoms with Crippen LogP contribution in [0.25, 0.3) is 0 Å². The molecule has 1 atom stereocenters. The molecule has 0 saturated heterocycles. The van der Waals surface area contributed by atoms with Crippen molar-refractivity contribution in [2.24, 2.45) is 16.6 Å². The van der Waals surface area contributed by atoms with Crippen LogP contribution in [0.4, 0.5) is 0 Å². The molecule has 96 valence electrons. The summed E-state index contributed by atoms with van der Waals surface area (Å²) in [4.78, 5) is 11.7. The fourth-order valence-electron chi connectivity index (χ4n) is 1.32. The maximum Gasteiger partial charge on any atom is 0.227 e. The monoisotopic (exact) mass is 230 g/mol. The molecule has 0 bridgehead atoms. The van der Waals surface area contributed by atoms with E-state index in [0.717, 1.165) is 0 Å². The third kappa shape index (κ3) is 6.08. The predicted octanol–water partition coefficient (Wildman–Crippen LogP) is 0.885. The van der Waals surface area contributed by atoms with Gasteiger partial charge in [-0.25, -0.2) is 0 Å². The molecule has 0 rings (SSSR count). The van der Waals surface area contributed by atoms with Gasteiger partial charge in [0.2, 0.25) is 5.91 Å². The molecular weight excluding hydrogens is 204 g/mol. The first-order chi connectivity index (χ1) is 7.08. The number of hydrogen-bond donors (Lipinski definition) is 3. The number of amides is 1. The minimum absolute atomic E-state index is 0.0630. The summed E-state index contributed by atoms with van der Waals surface area (Å²) in [6.07, 6.45) is 0.161. The van der Waals surface area contributed by atoms with Crippen LogP contribution in [0.5, 0.6) is 0 Å². The molecule has 0 saturated carbocycles. The van der Waals surface area contributed by atoms with E-state index in [2.05, 4.69) is 26.1 Å². The molecule has 1 amide bonds. The van der Waals surface area contributed by atoms with Crippen molar-refractivity contribution in [3.63, 3.8) is 0 Å². The van der Waals surface area contributed by atoms with Crippen LogP contribution in [-0.2, 0) is 4.79 Å². The van der Waals surface area contributed by atoms with Crippen LogP contribution >= 0.6 is 0 Å². The van der Waals surface area contributed by atoms with Crippen molar-refractivity contribution >= 4 is 5.91 Å². The fraction of sp³-hybridized carbons (Fsp3) is 0.917. The zero-order valence-electron chi connectivity index (χ0n) is 11.1. The lowest BCUT2D eigenvalue weighted by molar-refractivity contribution is -0.129. The van der Waals surface area contributed by atoms with Crippen molar-refractivity contribution in [1.29, 1.82) is 0 Å². The van der Waals surface area contributed by atoms with Crippen molar-refractivity contribution in [1.82, 2.24) is 5.32 Å². The molecule has 0 fully saturated rings. The second-order valence-electron chi connectivity index (χ2n) is 6.22. The van der Waals surface area contributed by atoms with E-state index in [1.807, 2.05) is 0 Å². The normalized spacial score (nSPS) is 14.7. The molecule has 1 unspecified atom stereocenters. The summed E-state index contributed by atoms with van der Waals surface area (Å²) in [5.74, 6) is -0.108. The maximum atomic E-state index is 11.7. The Bertz CT molecular complexity index is 232. The summed E-state index contributed by atoms with van der Waals surface area (Å²) in [5.41, 5.74) is 4.99. The number of nitrogens with one attached hydrogen (secondary N) is 1. The molecule has 4 N–H and O–H groups in total. The van der Waals surface area contributed by atoms with Crippen LogP contribution in [0.1, 0.15) is 41.0 Å². The van der Waals surface area contributed by atoms with Gasteiger partial charge in [0.25, 0.3) is 0 Å². The van der Waals surface area contributed by atoms with Gasteiger partial charge in [-0.05, 0) is 25.7 Å². The zero-order valence-corrected chi connectivity index (χ0v) is 11.1. The van der Waals surface area contributed by atoms with Gasteiger partial charge in [0.05, 0.1) is 11.5 Å². The quantitative estimate of drug-likeness (QED) is 0.656. The van der Waals surface area contributed by atoms with Crippen LogP contribution in [0.3, 0.4) is 0 Å². The molecule has 4 heteroatoms. The lowest BCUT2D eigenvalue weighted by Gasteiger charge is -2.25. The van der Waals surface area contributed by atoms with Crippen molar-refractivity contribution in [2.75, 3.05) is 13.1 Å². The van der Waals surface area contributed by atoms with Gasteiger partial charge in [-0.2, -0.15) is 0 Å². The smallest absolute Gasteiger partial charge is 0.227 e. The van der Waals surface area contributed by atoms with Crippen molar-refractivity contribution < 1.29 is 9.90 Å². The summed E-state index contributed by atoms with van der Waals surface area (Å²) in [6, 6.07) is 0. The molecule has 0 aromatic carbocycles. The number of carbonyl (C=O) groups excluding carboxylic acids is 1. The number of carbonyl (C=O) groups is 1. The van der Waals surface area contributed by atoms with E-state index < -0.39 is 11.5 Å². The van der Waals surface area contributed by atoms with Crippen molar-refractivity contribution in [3.05, 3.63) is 0 Å². The Balaban J connectivity index is 4.02. The molecule has 0 spiro atoms. The highest BCUT2D eigenvalue weighted by Crippen LogP contribution is 2.20. The molecule has 0 aromatic heterocycles. The maximum absolute atomic E-state index is 11.7. The van der Waals surface area contributed by atoms with Crippen molar-refractivity contribution in [3.8, 4) is 0 Å². The lowest BCUT2D eigenvalue weighted by atomic mass is 9.89. The summed E-state index contributed by atoms with van der Waals surface area (Å²) in [5, 5.41) is 12.5. The average Bonchev–Trinajstić information content (AvgIpc) is 2.11. The van der Waals surface area contributed by atoms with Crippen LogP contribution in [-0.4, -0.2) is 30.2 Å². The third-order valence-corrected chi connectivity index (χ3v) is 2.47. The molecule has 0 aliphatic rings. The first-order valence-corrected chi connectivity index (χ1v) is 5.75. The second kappa shape index (κ2) is 5.64. The summed E-state index contributed by atoms with van der Waals surface area (Å²) < 4.78 is 0. The second-order valence-corrected chi connectivity index (χ2v) is 6.22. The standard InChI is InChI=1S/C12H26N2O2/c1-11(2,3)6-9(15)7-14-10(16)12(4,5)8-13/h9,15H,6-8,13H2,1-5H3,(H,14,16). The Morgan fingerprint density at radius 2 is 1.81 bits per heavy atom. The minimum atomic E-state index is -0.568. The van der Waals surface area contributed by atoms with E-state index in [-0.39, 0.29) is 11.3 Å². The first-order valence-electron chi connectivity index (χ1n) is 5.75. The Morgan fingerprint density at radius 1 is 1.31 bits per heavy atom. The first kappa shape index (κ1) is 15.4. The Morgan fingerprint density at radius 3 is 2.19 bits per heavy atom. The number of hydrogen-bond acceptors (Lipinski definition) is 3. The summed E-state index contributed by atoms with van der Waals surface area (Å²) >= 11 is 0. The largest absolute Gasteiger partial charge is 0.391 e. The van der Waals surface area contributed by atoms with Gasteiger partial charge in [0, 0.05) is 13.1 Å². The Kier molecular flexibility index (Phi) is 5.42. The summed E-state index contributed by atoms with van der Waals surface area (Å²) in [6.45, 7) is 10.3. The Labute approximate surface area is 98.6 Å². The van der Waals surface area contributed by atoms with E-state index in [1.54, 1.807) is 13.8 Å².